The van der Waals surface area contributed by atoms with Crippen LogP contribution in [0, 0.1) is 11.3 Å². The van der Waals surface area contributed by atoms with Gasteiger partial charge in [-0.25, -0.2) is 0 Å². The second kappa shape index (κ2) is 7.43. The fourth-order valence-corrected chi connectivity index (χ4v) is 2.22. The lowest BCUT2D eigenvalue weighted by atomic mass is 10.1. The molecule has 0 aliphatic rings. The first-order valence-electron chi connectivity index (χ1n) is 7.35. The predicted molar refractivity (Wildman–Crippen MR) is 98.9 cm³/mol. The number of anilines is 3. The van der Waals surface area contributed by atoms with Gasteiger partial charge in [-0.2, -0.15) is 20.2 Å². The Hall–Kier alpha value is -3.43. The zero-order valence-electron chi connectivity index (χ0n) is 13.0. The molecule has 1 aromatic heterocycles. The molecule has 122 valence electrons. The van der Waals surface area contributed by atoms with E-state index in [9.17, 15) is 5.26 Å². The highest BCUT2D eigenvalue weighted by Gasteiger charge is 2.10. The Morgan fingerprint density at radius 3 is 2.44 bits per heavy atom. The summed E-state index contributed by atoms with van der Waals surface area (Å²) in [5.74, 6) is 0.495. The minimum absolute atomic E-state index is 0.0284. The van der Waals surface area contributed by atoms with Crippen LogP contribution in [-0.4, -0.2) is 15.0 Å². The number of nitrogens with two attached hydrogens (primary N) is 1. The van der Waals surface area contributed by atoms with Crippen LogP contribution < -0.4 is 11.1 Å². The van der Waals surface area contributed by atoms with E-state index in [-0.39, 0.29) is 23.3 Å². The van der Waals surface area contributed by atoms with E-state index >= 15 is 0 Å². The van der Waals surface area contributed by atoms with Gasteiger partial charge in [0.05, 0.1) is 5.57 Å². The van der Waals surface area contributed by atoms with Crippen LogP contribution in [0.2, 0.25) is 5.02 Å². The molecule has 2 aromatic carbocycles. The minimum atomic E-state index is 0.0284. The molecule has 0 fully saturated rings. The first kappa shape index (κ1) is 16.4. The fourth-order valence-electron chi connectivity index (χ4n) is 2.09. The molecule has 1 heterocycles. The van der Waals surface area contributed by atoms with Crippen LogP contribution >= 0.6 is 11.6 Å². The zero-order chi connectivity index (χ0) is 17.6. The average molecular weight is 349 g/mol. The summed E-state index contributed by atoms with van der Waals surface area (Å²) in [7, 11) is 0. The third-order valence-corrected chi connectivity index (χ3v) is 3.48. The standard InChI is InChI=1S/C18H13ClN6/c19-14-8-6-12(7-9-14)10-13(11-20)16-23-17(21)25-18(24-16)22-15-4-2-1-3-5-15/h1-10H,(H3,21,22,23,24,25)/b13-10+. The number of halogens is 1. The molecule has 3 aromatic rings. The van der Waals surface area contributed by atoms with Crippen molar-refractivity contribution in [2.45, 2.75) is 0 Å². The molecule has 0 aliphatic heterocycles. The maximum absolute atomic E-state index is 9.46. The van der Waals surface area contributed by atoms with Crippen molar-refractivity contribution in [2.24, 2.45) is 0 Å². The Balaban J connectivity index is 1.95. The molecular weight excluding hydrogens is 336 g/mol. The van der Waals surface area contributed by atoms with Crippen molar-refractivity contribution >= 4 is 40.8 Å². The van der Waals surface area contributed by atoms with Crippen LogP contribution in [0.4, 0.5) is 17.6 Å². The molecule has 3 N–H and O–H groups in total. The third kappa shape index (κ3) is 4.31. The lowest BCUT2D eigenvalue weighted by molar-refractivity contribution is 1.04. The summed E-state index contributed by atoms with van der Waals surface area (Å²) in [5.41, 5.74) is 7.64. The minimum Gasteiger partial charge on any atom is -0.368 e. The molecule has 0 unspecified atom stereocenters. The van der Waals surface area contributed by atoms with E-state index in [1.54, 1.807) is 30.3 Å². The van der Waals surface area contributed by atoms with Gasteiger partial charge in [0.1, 0.15) is 6.07 Å². The zero-order valence-corrected chi connectivity index (χ0v) is 13.8. The van der Waals surface area contributed by atoms with Gasteiger partial charge in [0.2, 0.25) is 11.9 Å². The number of nitriles is 1. The second-order valence-electron chi connectivity index (χ2n) is 5.05. The number of benzene rings is 2. The largest absolute Gasteiger partial charge is 0.368 e. The van der Waals surface area contributed by atoms with Crippen LogP contribution in [0.1, 0.15) is 11.4 Å². The van der Waals surface area contributed by atoms with E-state index in [1.807, 2.05) is 30.3 Å². The lowest BCUT2D eigenvalue weighted by Crippen LogP contribution is -2.06. The number of nitrogens with zero attached hydrogens (tertiary/aromatic N) is 4. The maximum atomic E-state index is 9.46. The second-order valence-corrected chi connectivity index (χ2v) is 5.49. The van der Waals surface area contributed by atoms with E-state index in [4.69, 9.17) is 17.3 Å². The van der Waals surface area contributed by atoms with Crippen LogP contribution in [0.5, 0.6) is 0 Å². The number of nitrogens with one attached hydrogen (secondary N) is 1. The van der Waals surface area contributed by atoms with E-state index in [1.165, 1.54) is 0 Å². The van der Waals surface area contributed by atoms with Gasteiger partial charge >= 0.3 is 0 Å². The van der Waals surface area contributed by atoms with Gasteiger partial charge in [-0.3, -0.25) is 0 Å². The highest BCUT2D eigenvalue weighted by molar-refractivity contribution is 6.30. The topological polar surface area (TPSA) is 101 Å². The molecule has 0 saturated heterocycles. The SMILES string of the molecule is N#C/C(=C\c1ccc(Cl)cc1)c1nc(N)nc(Nc2ccccc2)n1. The first-order valence-corrected chi connectivity index (χ1v) is 7.73. The Kier molecular flexibility index (Phi) is 4.88. The number of nitrogen functional groups attached to an aromatic ring is 1. The highest BCUT2D eigenvalue weighted by Crippen LogP contribution is 2.19. The summed E-state index contributed by atoms with van der Waals surface area (Å²) in [6.45, 7) is 0. The van der Waals surface area contributed by atoms with E-state index < -0.39 is 0 Å². The first-order chi connectivity index (χ1) is 12.1. The maximum Gasteiger partial charge on any atom is 0.232 e. The van der Waals surface area contributed by atoms with E-state index in [0.717, 1.165) is 11.3 Å². The number of para-hydroxylation sites is 1. The van der Waals surface area contributed by atoms with Crippen molar-refractivity contribution < 1.29 is 0 Å². The smallest absolute Gasteiger partial charge is 0.232 e. The normalized spacial score (nSPS) is 11.0. The Morgan fingerprint density at radius 2 is 1.76 bits per heavy atom. The Morgan fingerprint density at radius 1 is 1.04 bits per heavy atom. The molecule has 25 heavy (non-hydrogen) atoms. The van der Waals surface area contributed by atoms with Crippen molar-refractivity contribution in [3.05, 3.63) is 71.0 Å². The van der Waals surface area contributed by atoms with Gasteiger partial charge in [-0.15, -0.1) is 0 Å². The molecular formula is C18H13ClN6. The number of aromatic nitrogens is 3. The van der Waals surface area contributed by atoms with Crippen LogP contribution in [0.25, 0.3) is 11.6 Å². The molecule has 0 atom stereocenters. The third-order valence-electron chi connectivity index (χ3n) is 3.22. The van der Waals surface area contributed by atoms with Gasteiger partial charge in [0.25, 0.3) is 0 Å². The van der Waals surface area contributed by atoms with Gasteiger partial charge in [0, 0.05) is 10.7 Å². The molecule has 3 rings (SSSR count). The van der Waals surface area contributed by atoms with Crippen LogP contribution in [0.3, 0.4) is 0 Å². The molecule has 0 radical (unpaired) electrons. The van der Waals surface area contributed by atoms with Crippen LogP contribution in [0.15, 0.2) is 54.6 Å². The quantitative estimate of drug-likeness (QED) is 0.693. The highest BCUT2D eigenvalue weighted by atomic mass is 35.5. The van der Waals surface area contributed by atoms with Gasteiger partial charge in [-0.05, 0) is 35.9 Å². The van der Waals surface area contributed by atoms with Crippen molar-refractivity contribution in [2.75, 3.05) is 11.1 Å². The molecule has 0 amide bonds. The Labute approximate surface area is 149 Å². The average Bonchev–Trinajstić information content (AvgIpc) is 2.61. The van der Waals surface area contributed by atoms with Gasteiger partial charge in [-0.1, -0.05) is 41.9 Å². The van der Waals surface area contributed by atoms with Crippen molar-refractivity contribution in [1.29, 1.82) is 5.26 Å². The van der Waals surface area contributed by atoms with Crippen molar-refractivity contribution in [1.82, 2.24) is 15.0 Å². The van der Waals surface area contributed by atoms with Gasteiger partial charge < -0.3 is 11.1 Å². The summed E-state index contributed by atoms with van der Waals surface area (Å²) >= 11 is 5.87. The van der Waals surface area contributed by atoms with Gasteiger partial charge in [0.15, 0.2) is 5.82 Å². The number of hydrogen-bond acceptors (Lipinski definition) is 6. The predicted octanol–water partition coefficient (Wildman–Crippen LogP) is 3.91. The molecule has 0 saturated carbocycles. The summed E-state index contributed by atoms with van der Waals surface area (Å²) < 4.78 is 0. The summed E-state index contributed by atoms with van der Waals surface area (Å²) in [6, 6.07) is 18.6. The number of allylic oxidation sites excluding steroid dienone is 1. The molecule has 6 nitrogen and oxygen atoms in total. The number of rotatable bonds is 4. The molecule has 0 bridgehead atoms. The van der Waals surface area contributed by atoms with Crippen molar-refractivity contribution in [3.8, 4) is 6.07 Å². The summed E-state index contributed by atoms with van der Waals surface area (Å²) in [5, 5.41) is 13.1. The number of hydrogen-bond donors (Lipinski definition) is 2. The van der Waals surface area contributed by atoms with E-state index in [2.05, 4.69) is 26.3 Å². The van der Waals surface area contributed by atoms with E-state index in [0.29, 0.717) is 5.02 Å². The van der Waals surface area contributed by atoms with Crippen molar-refractivity contribution in [3.63, 3.8) is 0 Å². The fraction of sp³-hybridized carbons (Fsp3) is 0. The lowest BCUT2D eigenvalue weighted by Gasteiger charge is -2.07. The monoisotopic (exact) mass is 348 g/mol. The van der Waals surface area contributed by atoms with Crippen LogP contribution in [-0.2, 0) is 0 Å². The summed E-state index contributed by atoms with van der Waals surface area (Å²) in [4.78, 5) is 12.4. The summed E-state index contributed by atoms with van der Waals surface area (Å²) in [6.07, 6.45) is 1.66. The molecule has 7 heteroatoms. The Bertz CT molecular complexity index is 946. The molecule has 0 spiro atoms. The molecule has 0 aliphatic carbocycles.